The molecule has 2 saturated heterocycles. The molecule has 2 aliphatic rings. The summed E-state index contributed by atoms with van der Waals surface area (Å²) in [5.41, 5.74) is 0. The highest BCUT2D eigenvalue weighted by Gasteiger charge is 2.47. The molecule has 70 heavy (non-hydrogen) atoms. The normalized spacial score (nSPS) is 25.6. The standard InChI is InChI=1S/C56H104O14/c1-3-5-7-9-11-13-15-17-19-20-21-22-23-24-25-26-28-30-32-34-36-38-40-65-42-45(68-48(58)39-37-35-33-31-29-27-18-16-14-12-10-8-6-4-2)43-66-55-54(64)52(62)50(60)47(70-55)44-67-56-53(63)51(61)49(59)46(41-57)69-56/h10,12,16,18,45-47,49-57,59-64H,3-9,11,13-15,17,19-44H2,1-2H3/b12-10-,18-16-. The van der Waals surface area contributed by atoms with Crippen LogP contribution in [0.2, 0.25) is 0 Å². The molecule has 0 aliphatic carbocycles. The summed E-state index contributed by atoms with van der Waals surface area (Å²) in [6, 6.07) is 0. The van der Waals surface area contributed by atoms with Crippen molar-refractivity contribution in [2.24, 2.45) is 0 Å². The van der Waals surface area contributed by atoms with Gasteiger partial charge in [-0.2, -0.15) is 0 Å². The highest BCUT2D eigenvalue weighted by atomic mass is 16.7. The topological polar surface area (TPSA) is 214 Å². The van der Waals surface area contributed by atoms with E-state index >= 15 is 0 Å². The fourth-order valence-electron chi connectivity index (χ4n) is 9.07. The Kier molecular flexibility index (Phi) is 40.4. The first kappa shape index (κ1) is 64.6. The third kappa shape index (κ3) is 30.6. The Labute approximate surface area is 424 Å². The maximum Gasteiger partial charge on any atom is 0.306 e. The maximum absolute atomic E-state index is 13.0. The molecule has 0 radical (unpaired) electrons. The Balaban J connectivity index is 1.70. The summed E-state index contributed by atoms with van der Waals surface area (Å²) in [5, 5.41) is 72.2. The third-order valence-corrected chi connectivity index (χ3v) is 13.7. The van der Waals surface area contributed by atoms with Gasteiger partial charge in [0.05, 0.1) is 26.4 Å². The fraction of sp³-hybridized carbons (Fsp3) is 0.911. The number of hydrogen-bond donors (Lipinski definition) is 7. The van der Waals surface area contributed by atoms with Gasteiger partial charge in [-0.1, -0.05) is 205 Å². The number of rotatable bonds is 46. The zero-order valence-corrected chi connectivity index (χ0v) is 44.0. The number of carbonyl (C=O) groups is 1. The second kappa shape index (κ2) is 43.8. The molecule has 0 saturated carbocycles. The summed E-state index contributed by atoms with van der Waals surface area (Å²) >= 11 is 0. The van der Waals surface area contributed by atoms with Crippen LogP contribution in [0.4, 0.5) is 0 Å². The van der Waals surface area contributed by atoms with Crippen molar-refractivity contribution in [1.29, 1.82) is 0 Å². The van der Waals surface area contributed by atoms with E-state index in [0.717, 1.165) is 64.2 Å². The molecule has 412 valence electrons. The van der Waals surface area contributed by atoms with Gasteiger partial charge in [0, 0.05) is 13.0 Å². The van der Waals surface area contributed by atoms with Crippen molar-refractivity contribution in [3.8, 4) is 0 Å². The molecule has 0 aromatic rings. The van der Waals surface area contributed by atoms with Crippen molar-refractivity contribution in [1.82, 2.24) is 0 Å². The van der Waals surface area contributed by atoms with E-state index in [1.54, 1.807) is 0 Å². The van der Waals surface area contributed by atoms with Crippen LogP contribution in [0.15, 0.2) is 24.3 Å². The number of esters is 1. The molecular weight excluding hydrogens is 897 g/mol. The van der Waals surface area contributed by atoms with Gasteiger partial charge in [0.25, 0.3) is 0 Å². The van der Waals surface area contributed by atoms with E-state index in [-0.39, 0.29) is 25.6 Å². The summed E-state index contributed by atoms with van der Waals surface area (Å²) in [6.45, 7) is 3.67. The van der Waals surface area contributed by atoms with Crippen LogP contribution >= 0.6 is 0 Å². The first-order chi connectivity index (χ1) is 34.1. The summed E-state index contributed by atoms with van der Waals surface area (Å²) in [7, 11) is 0. The van der Waals surface area contributed by atoms with Crippen LogP contribution in [-0.4, -0.2) is 142 Å². The van der Waals surface area contributed by atoms with Crippen LogP contribution in [0.5, 0.6) is 0 Å². The number of hydrogen-bond acceptors (Lipinski definition) is 14. The lowest BCUT2D eigenvalue weighted by molar-refractivity contribution is -0.332. The van der Waals surface area contributed by atoms with Crippen molar-refractivity contribution in [3.63, 3.8) is 0 Å². The molecule has 2 rings (SSSR count). The predicted octanol–water partition coefficient (Wildman–Crippen LogP) is 9.58. The molecule has 2 heterocycles. The summed E-state index contributed by atoms with van der Waals surface area (Å²) in [5.74, 6) is -0.386. The first-order valence-corrected chi connectivity index (χ1v) is 28.4. The van der Waals surface area contributed by atoms with E-state index in [1.807, 2.05) is 0 Å². The summed E-state index contributed by atoms with van der Waals surface area (Å²) < 4.78 is 34.3. The van der Waals surface area contributed by atoms with E-state index in [1.165, 1.54) is 135 Å². The number of aliphatic hydroxyl groups is 7. The van der Waals surface area contributed by atoms with Gasteiger partial charge in [0.1, 0.15) is 54.9 Å². The molecule has 0 spiro atoms. The third-order valence-electron chi connectivity index (χ3n) is 13.7. The summed E-state index contributed by atoms with van der Waals surface area (Å²) in [6.07, 6.45) is 32.5. The minimum Gasteiger partial charge on any atom is -0.457 e. The van der Waals surface area contributed by atoms with E-state index in [9.17, 15) is 40.5 Å². The van der Waals surface area contributed by atoms with Crippen LogP contribution in [-0.2, 0) is 33.2 Å². The fourth-order valence-corrected chi connectivity index (χ4v) is 9.07. The Bertz CT molecular complexity index is 1250. The lowest BCUT2D eigenvalue weighted by Gasteiger charge is -2.42. The van der Waals surface area contributed by atoms with Gasteiger partial charge in [-0.15, -0.1) is 0 Å². The van der Waals surface area contributed by atoms with Crippen LogP contribution in [0.3, 0.4) is 0 Å². The predicted molar refractivity (Wildman–Crippen MR) is 275 cm³/mol. The van der Waals surface area contributed by atoms with Crippen molar-refractivity contribution in [2.45, 2.75) is 293 Å². The molecule has 2 fully saturated rings. The lowest BCUT2D eigenvalue weighted by atomic mass is 9.98. The van der Waals surface area contributed by atoms with Crippen molar-refractivity contribution in [3.05, 3.63) is 24.3 Å². The van der Waals surface area contributed by atoms with Gasteiger partial charge in [-0.05, 0) is 38.5 Å². The highest BCUT2D eigenvalue weighted by Crippen LogP contribution is 2.27. The minimum atomic E-state index is -1.71. The minimum absolute atomic E-state index is 0.0602. The highest BCUT2D eigenvalue weighted by molar-refractivity contribution is 5.69. The van der Waals surface area contributed by atoms with Gasteiger partial charge >= 0.3 is 5.97 Å². The Morgan fingerprint density at radius 1 is 0.471 bits per heavy atom. The average Bonchev–Trinajstić information content (AvgIpc) is 3.36. The maximum atomic E-state index is 13.0. The van der Waals surface area contributed by atoms with Crippen LogP contribution in [0.1, 0.15) is 226 Å². The molecule has 7 N–H and O–H groups in total. The van der Waals surface area contributed by atoms with Crippen molar-refractivity contribution >= 4 is 5.97 Å². The second-order valence-electron chi connectivity index (χ2n) is 20.1. The number of unbranched alkanes of at least 4 members (excludes halogenated alkanes) is 28. The molecule has 0 amide bonds. The molecule has 0 aromatic heterocycles. The number of ether oxygens (including phenoxy) is 6. The second-order valence-corrected chi connectivity index (χ2v) is 20.1. The van der Waals surface area contributed by atoms with Crippen molar-refractivity contribution in [2.75, 3.05) is 33.0 Å². The van der Waals surface area contributed by atoms with Gasteiger partial charge in [-0.3, -0.25) is 4.79 Å². The van der Waals surface area contributed by atoms with E-state index < -0.39 is 80.7 Å². The van der Waals surface area contributed by atoms with Gasteiger partial charge in [-0.25, -0.2) is 0 Å². The summed E-state index contributed by atoms with van der Waals surface area (Å²) in [4.78, 5) is 13.0. The zero-order chi connectivity index (χ0) is 50.9. The molecule has 0 aromatic carbocycles. The number of carbonyl (C=O) groups excluding carboxylic acids is 1. The molecule has 14 nitrogen and oxygen atoms in total. The Morgan fingerprint density at radius 2 is 0.900 bits per heavy atom. The molecule has 2 aliphatic heterocycles. The van der Waals surface area contributed by atoms with Gasteiger partial charge in [0.2, 0.25) is 0 Å². The molecule has 11 atom stereocenters. The largest absolute Gasteiger partial charge is 0.457 e. The molecular formula is C56H104O14. The Morgan fingerprint density at radius 3 is 1.41 bits per heavy atom. The number of allylic oxidation sites excluding steroid dienone is 4. The van der Waals surface area contributed by atoms with Crippen LogP contribution in [0.25, 0.3) is 0 Å². The van der Waals surface area contributed by atoms with E-state index in [4.69, 9.17) is 28.4 Å². The lowest BCUT2D eigenvalue weighted by Crippen LogP contribution is -2.61. The number of aliphatic hydroxyl groups excluding tert-OH is 7. The molecule has 11 unspecified atom stereocenters. The van der Waals surface area contributed by atoms with Crippen LogP contribution < -0.4 is 0 Å². The monoisotopic (exact) mass is 1000 g/mol. The zero-order valence-electron chi connectivity index (χ0n) is 44.0. The van der Waals surface area contributed by atoms with E-state index in [2.05, 4.69) is 38.2 Å². The quantitative estimate of drug-likeness (QED) is 0.0172. The Hall–Kier alpha value is -1.53. The smallest absolute Gasteiger partial charge is 0.306 e. The van der Waals surface area contributed by atoms with Crippen molar-refractivity contribution < 1.29 is 69.0 Å². The average molecular weight is 1000 g/mol. The molecule has 0 bridgehead atoms. The first-order valence-electron chi connectivity index (χ1n) is 28.4. The SMILES string of the molecule is CCCC/C=C\C/C=C\CCCCCCCC(=O)OC(COCCCCCCCCCCCCCCCCCCCCCCCC)COC1OC(COC2OC(CO)C(O)C(O)C2O)C(O)C(O)C1O. The van der Waals surface area contributed by atoms with Gasteiger partial charge in [0.15, 0.2) is 12.6 Å². The van der Waals surface area contributed by atoms with Crippen LogP contribution in [0, 0.1) is 0 Å². The molecule has 14 heteroatoms. The van der Waals surface area contributed by atoms with E-state index in [0.29, 0.717) is 13.0 Å². The van der Waals surface area contributed by atoms with Gasteiger partial charge < -0.3 is 64.2 Å².